The van der Waals surface area contributed by atoms with Gasteiger partial charge in [-0.25, -0.2) is 5.43 Å². The third-order valence-electron chi connectivity index (χ3n) is 3.42. The zero-order chi connectivity index (χ0) is 18.4. The normalized spacial score (nSPS) is 11.0. The molecule has 1 aromatic heterocycles. The number of hydrazone groups is 1. The summed E-state index contributed by atoms with van der Waals surface area (Å²) in [7, 11) is 0. The van der Waals surface area contributed by atoms with E-state index in [0.29, 0.717) is 6.54 Å². The number of unbranched alkanes of at least 4 members (excludes halogenated alkanes) is 1. The summed E-state index contributed by atoms with van der Waals surface area (Å²) in [5.74, 6) is -0.825. The number of benzene rings is 1. The van der Waals surface area contributed by atoms with Gasteiger partial charge in [-0.15, -0.1) is 0 Å². The number of aromatic hydroxyl groups is 1. The summed E-state index contributed by atoms with van der Waals surface area (Å²) in [5, 5.41) is 14.3. The van der Waals surface area contributed by atoms with Crippen molar-refractivity contribution in [3.05, 3.63) is 55.5 Å². The van der Waals surface area contributed by atoms with Gasteiger partial charge >= 0.3 is 0 Å². The molecule has 2 aromatic rings. The molecule has 0 aliphatic rings. The number of hydrogen-bond acceptors (Lipinski definition) is 5. The maximum atomic E-state index is 12.0. The molecule has 3 N–H and O–H groups in total. The molecule has 9 heteroatoms. The first kappa shape index (κ1) is 18.9. The first-order chi connectivity index (χ1) is 12.0. The fourth-order valence-corrected chi connectivity index (χ4v) is 2.57. The molecule has 7 nitrogen and oxygen atoms in total. The molecule has 0 saturated carbocycles. The lowest BCUT2D eigenvalue weighted by Crippen LogP contribution is -2.21. The van der Waals surface area contributed by atoms with Crippen LogP contribution in [0.5, 0.6) is 5.88 Å². The van der Waals surface area contributed by atoms with Gasteiger partial charge in [-0.1, -0.05) is 37.1 Å². The molecular weight excluding hydrogens is 364 g/mol. The van der Waals surface area contributed by atoms with Crippen LogP contribution in [0.1, 0.15) is 35.7 Å². The molecule has 0 aliphatic carbocycles. The van der Waals surface area contributed by atoms with Crippen LogP contribution in [0.25, 0.3) is 0 Å². The van der Waals surface area contributed by atoms with E-state index < -0.39 is 11.5 Å². The van der Waals surface area contributed by atoms with Crippen molar-refractivity contribution in [1.82, 2.24) is 15.0 Å². The Balaban J connectivity index is 2.23. The second-order valence-corrected chi connectivity index (χ2v) is 5.97. The molecule has 0 unspecified atom stereocenters. The Hall–Kier alpha value is -2.45. The number of H-pyrrole nitrogens is 1. The van der Waals surface area contributed by atoms with E-state index in [4.69, 9.17) is 23.8 Å². The number of nitrogens with one attached hydrogen (secondary N) is 2. The van der Waals surface area contributed by atoms with E-state index in [2.05, 4.69) is 15.5 Å². The lowest BCUT2D eigenvalue weighted by molar-refractivity contribution is 0.0955. The lowest BCUT2D eigenvalue weighted by Gasteiger charge is -2.10. The molecule has 0 aliphatic heterocycles. The zero-order valence-corrected chi connectivity index (χ0v) is 15.0. The molecule has 0 radical (unpaired) electrons. The number of carbonyl (C=O) groups is 1. The van der Waals surface area contributed by atoms with Gasteiger partial charge in [0.2, 0.25) is 5.88 Å². The standard InChI is InChI=1S/C16H17ClN4O3S/c1-2-3-8-21-15(24)11(13(22)19-16(21)25)9-18-20-14(23)10-6-4-5-7-12(10)17/h4-7,9,24H,2-3,8H2,1H3,(H,20,23)(H,19,22,25)/b18-9+. The number of amides is 1. The number of aromatic amines is 1. The van der Waals surface area contributed by atoms with E-state index in [1.807, 2.05) is 6.92 Å². The number of nitrogens with zero attached hydrogens (tertiary/aromatic N) is 2. The third-order valence-corrected chi connectivity index (χ3v) is 4.07. The van der Waals surface area contributed by atoms with Crippen molar-refractivity contribution < 1.29 is 9.90 Å². The van der Waals surface area contributed by atoms with E-state index in [1.165, 1.54) is 4.57 Å². The van der Waals surface area contributed by atoms with Gasteiger partial charge in [0.15, 0.2) is 4.77 Å². The Morgan fingerprint density at radius 3 is 2.88 bits per heavy atom. The zero-order valence-electron chi connectivity index (χ0n) is 13.5. The van der Waals surface area contributed by atoms with Gasteiger partial charge in [0.05, 0.1) is 16.8 Å². The van der Waals surface area contributed by atoms with Gasteiger partial charge in [-0.05, 0) is 30.8 Å². The van der Waals surface area contributed by atoms with Crippen molar-refractivity contribution in [2.24, 2.45) is 5.10 Å². The minimum atomic E-state index is -0.592. The summed E-state index contributed by atoms with van der Waals surface area (Å²) >= 11 is 11.0. The Morgan fingerprint density at radius 1 is 1.48 bits per heavy atom. The minimum absolute atomic E-state index is 0.0934. The molecule has 0 bridgehead atoms. The van der Waals surface area contributed by atoms with Gasteiger partial charge in [0.25, 0.3) is 11.5 Å². The fourth-order valence-electron chi connectivity index (χ4n) is 2.08. The monoisotopic (exact) mass is 380 g/mol. The Morgan fingerprint density at radius 2 is 2.20 bits per heavy atom. The second-order valence-electron chi connectivity index (χ2n) is 5.18. The number of carbonyl (C=O) groups excluding carboxylic acids is 1. The maximum absolute atomic E-state index is 12.0. The predicted molar refractivity (Wildman–Crippen MR) is 99.0 cm³/mol. The van der Waals surface area contributed by atoms with E-state index in [0.717, 1.165) is 19.1 Å². The highest BCUT2D eigenvalue weighted by Crippen LogP contribution is 2.15. The summed E-state index contributed by atoms with van der Waals surface area (Å²) in [6, 6.07) is 6.49. The first-order valence-electron chi connectivity index (χ1n) is 7.59. The van der Waals surface area contributed by atoms with Crippen molar-refractivity contribution in [3.63, 3.8) is 0 Å². The van der Waals surface area contributed by atoms with Crippen LogP contribution >= 0.6 is 23.8 Å². The molecule has 1 aromatic carbocycles. The van der Waals surface area contributed by atoms with Gasteiger partial charge in [0.1, 0.15) is 5.56 Å². The van der Waals surface area contributed by atoms with Gasteiger partial charge < -0.3 is 5.11 Å². The van der Waals surface area contributed by atoms with E-state index >= 15 is 0 Å². The van der Waals surface area contributed by atoms with Crippen LogP contribution in [0.3, 0.4) is 0 Å². The smallest absolute Gasteiger partial charge is 0.272 e. The number of halogens is 1. The van der Waals surface area contributed by atoms with Crippen molar-refractivity contribution in [3.8, 4) is 5.88 Å². The topological polar surface area (TPSA) is 99.5 Å². The molecular formula is C16H17ClN4O3S. The number of aromatic nitrogens is 2. The molecule has 25 heavy (non-hydrogen) atoms. The SMILES string of the molecule is CCCCn1c(O)c(/C=N/NC(=O)c2ccccc2Cl)c(=O)[nH]c1=S. The minimum Gasteiger partial charge on any atom is -0.494 e. The molecule has 1 amide bonds. The number of rotatable bonds is 6. The summed E-state index contributed by atoms with van der Waals surface area (Å²) in [6.45, 7) is 2.46. The predicted octanol–water partition coefficient (Wildman–Crippen LogP) is 2.83. The average Bonchev–Trinajstić information content (AvgIpc) is 2.57. The van der Waals surface area contributed by atoms with Crippen molar-refractivity contribution in [1.29, 1.82) is 0 Å². The van der Waals surface area contributed by atoms with Crippen molar-refractivity contribution >= 4 is 35.9 Å². The molecule has 0 spiro atoms. The molecule has 0 atom stereocenters. The van der Waals surface area contributed by atoms with Crippen LogP contribution in [0.15, 0.2) is 34.2 Å². The molecule has 132 valence electrons. The van der Waals surface area contributed by atoms with Crippen LogP contribution in [0, 0.1) is 4.77 Å². The van der Waals surface area contributed by atoms with Gasteiger partial charge in [0, 0.05) is 6.54 Å². The van der Waals surface area contributed by atoms with Gasteiger partial charge in [-0.3, -0.25) is 19.1 Å². The van der Waals surface area contributed by atoms with E-state index in [-0.39, 0.29) is 26.8 Å². The Labute approximate surface area is 154 Å². The lowest BCUT2D eigenvalue weighted by atomic mass is 10.2. The summed E-state index contributed by atoms with van der Waals surface area (Å²) < 4.78 is 1.55. The second kappa shape index (κ2) is 8.59. The highest BCUT2D eigenvalue weighted by atomic mass is 35.5. The third kappa shape index (κ3) is 4.55. The van der Waals surface area contributed by atoms with Crippen LogP contribution in [0.2, 0.25) is 5.02 Å². The van der Waals surface area contributed by atoms with Crippen molar-refractivity contribution in [2.45, 2.75) is 26.3 Å². The summed E-state index contributed by atoms with van der Waals surface area (Å²) in [6.07, 6.45) is 2.76. The van der Waals surface area contributed by atoms with Crippen LogP contribution in [0.4, 0.5) is 0 Å². The van der Waals surface area contributed by atoms with Crippen molar-refractivity contribution in [2.75, 3.05) is 0 Å². The number of hydrogen-bond donors (Lipinski definition) is 3. The Bertz CT molecular complexity index is 920. The summed E-state index contributed by atoms with van der Waals surface area (Å²) in [5.41, 5.74) is 1.83. The molecule has 0 saturated heterocycles. The first-order valence-corrected chi connectivity index (χ1v) is 8.38. The van der Waals surface area contributed by atoms with Gasteiger partial charge in [-0.2, -0.15) is 5.10 Å². The van der Waals surface area contributed by atoms with E-state index in [1.54, 1.807) is 24.3 Å². The summed E-state index contributed by atoms with van der Waals surface area (Å²) in [4.78, 5) is 26.4. The van der Waals surface area contributed by atoms with E-state index in [9.17, 15) is 14.7 Å². The highest BCUT2D eigenvalue weighted by molar-refractivity contribution is 7.71. The fraction of sp³-hybridized carbons (Fsp3) is 0.250. The quantitative estimate of drug-likeness (QED) is 0.407. The highest BCUT2D eigenvalue weighted by Gasteiger charge is 2.12. The van der Waals surface area contributed by atoms with Crippen LogP contribution < -0.4 is 11.0 Å². The Kier molecular flexibility index (Phi) is 6.49. The molecule has 2 rings (SSSR count). The largest absolute Gasteiger partial charge is 0.494 e. The van der Waals surface area contributed by atoms with Crippen LogP contribution in [-0.2, 0) is 6.54 Å². The molecule has 0 fully saturated rings. The average molecular weight is 381 g/mol. The maximum Gasteiger partial charge on any atom is 0.272 e. The molecule has 1 heterocycles. The van der Waals surface area contributed by atoms with Crippen LogP contribution in [-0.4, -0.2) is 26.8 Å².